The first-order chi connectivity index (χ1) is 18.0. The Morgan fingerprint density at radius 3 is 2.59 bits per heavy atom. The molecule has 0 bridgehead atoms. The summed E-state index contributed by atoms with van der Waals surface area (Å²) in [7, 11) is 0. The van der Waals surface area contributed by atoms with Crippen LogP contribution in [0.4, 0.5) is 11.8 Å². The molecule has 2 aromatic heterocycles. The zero-order chi connectivity index (χ0) is 25.5. The molecule has 1 unspecified atom stereocenters. The summed E-state index contributed by atoms with van der Waals surface area (Å²) in [6, 6.07) is 2.05. The molecule has 37 heavy (non-hydrogen) atoms. The van der Waals surface area contributed by atoms with Crippen molar-refractivity contribution < 1.29 is 19.7 Å². The zero-order valence-electron chi connectivity index (χ0n) is 21.9. The molecule has 2 aromatic rings. The minimum atomic E-state index is -0.514. The second-order valence-corrected chi connectivity index (χ2v) is 11.5. The van der Waals surface area contributed by atoms with Crippen molar-refractivity contribution in [2.24, 2.45) is 17.8 Å². The van der Waals surface area contributed by atoms with Gasteiger partial charge in [0.1, 0.15) is 17.7 Å². The van der Waals surface area contributed by atoms with E-state index in [0.717, 1.165) is 47.2 Å². The molecule has 200 valence electrons. The van der Waals surface area contributed by atoms with Crippen LogP contribution >= 0.6 is 0 Å². The summed E-state index contributed by atoms with van der Waals surface area (Å²) in [6.45, 7) is 5.58. The Balaban J connectivity index is 1.24. The normalized spacial score (nSPS) is 26.9. The number of ether oxygens (including phenoxy) is 2. The maximum Gasteiger partial charge on any atom is 0.224 e. The largest absolute Gasteiger partial charge is 0.483 e. The van der Waals surface area contributed by atoms with Gasteiger partial charge in [0.25, 0.3) is 0 Å². The number of aliphatic hydroxyl groups excluding tert-OH is 2. The van der Waals surface area contributed by atoms with Gasteiger partial charge in [-0.1, -0.05) is 6.42 Å². The summed E-state index contributed by atoms with van der Waals surface area (Å²) >= 11 is 0. The van der Waals surface area contributed by atoms with Crippen LogP contribution < -0.4 is 20.1 Å². The summed E-state index contributed by atoms with van der Waals surface area (Å²) in [5.41, 5.74) is 3.74. The van der Waals surface area contributed by atoms with Crippen LogP contribution in [0, 0.1) is 31.6 Å². The third-order valence-electron chi connectivity index (χ3n) is 8.49. The van der Waals surface area contributed by atoms with Gasteiger partial charge < -0.3 is 30.3 Å². The van der Waals surface area contributed by atoms with Crippen LogP contribution in [0.2, 0.25) is 0 Å². The van der Waals surface area contributed by atoms with Crippen molar-refractivity contribution in [1.82, 2.24) is 15.0 Å². The van der Waals surface area contributed by atoms with E-state index in [9.17, 15) is 10.2 Å². The smallest absolute Gasteiger partial charge is 0.224 e. The highest BCUT2D eigenvalue weighted by atomic mass is 16.5. The Kier molecular flexibility index (Phi) is 6.84. The van der Waals surface area contributed by atoms with Gasteiger partial charge in [-0.3, -0.25) is 0 Å². The monoisotopic (exact) mass is 509 g/mol. The first kappa shape index (κ1) is 24.7. The van der Waals surface area contributed by atoms with Crippen LogP contribution in [0.5, 0.6) is 11.6 Å². The molecule has 0 radical (unpaired) electrons. The standard InChI is InChI=1S/C28H39N5O4/c1-15-25(23-9-19-10-24(30-16(2)26(19)37-23)36-14-18-4-3-5-18)27(32-21-8-20(13-34)22(35)11-21)33-28(31-15)29-12-17-6-7-17/h10,17-18,20-23,34-35H,3-9,11-14H2,1-2H3,(H2,29,31,32,33)/t20-,21-,22+,23?/m1/s1. The van der Waals surface area contributed by atoms with E-state index in [0.29, 0.717) is 42.9 Å². The van der Waals surface area contributed by atoms with Gasteiger partial charge in [-0.25, -0.2) is 9.97 Å². The van der Waals surface area contributed by atoms with Crippen LogP contribution in [0.3, 0.4) is 0 Å². The number of fused-ring (bicyclic) bond motifs is 1. The molecule has 6 rings (SSSR count). The highest BCUT2D eigenvalue weighted by molar-refractivity contribution is 5.55. The number of aromatic nitrogens is 3. The van der Waals surface area contributed by atoms with Crippen LogP contribution in [0.15, 0.2) is 6.07 Å². The lowest BCUT2D eigenvalue weighted by Crippen LogP contribution is -2.22. The van der Waals surface area contributed by atoms with E-state index in [1.165, 1.54) is 32.1 Å². The molecule has 0 spiro atoms. The van der Waals surface area contributed by atoms with E-state index in [-0.39, 0.29) is 24.7 Å². The highest BCUT2D eigenvalue weighted by Crippen LogP contribution is 2.43. The lowest BCUT2D eigenvalue weighted by atomic mass is 9.86. The van der Waals surface area contributed by atoms with Crippen LogP contribution in [0.1, 0.15) is 73.6 Å². The van der Waals surface area contributed by atoms with E-state index >= 15 is 0 Å². The van der Waals surface area contributed by atoms with E-state index < -0.39 is 6.10 Å². The molecule has 9 nitrogen and oxygen atoms in total. The van der Waals surface area contributed by atoms with Crippen molar-refractivity contribution in [3.8, 4) is 11.6 Å². The molecular weight excluding hydrogens is 470 g/mol. The molecule has 1 aliphatic heterocycles. The maximum absolute atomic E-state index is 10.4. The van der Waals surface area contributed by atoms with Crippen molar-refractivity contribution in [2.75, 3.05) is 30.4 Å². The summed E-state index contributed by atoms with van der Waals surface area (Å²) in [5, 5.41) is 27.0. The topological polar surface area (TPSA) is 122 Å². The number of aryl methyl sites for hydroxylation is 2. The zero-order valence-corrected chi connectivity index (χ0v) is 21.9. The molecule has 0 saturated heterocycles. The number of aliphatic hydroxyl groups is 2. The van der Waals surface area contributed by atoms with Gasteiger partial charge >= 0.3 is 0 Å². The molecule has 3 aliphatic carbocycles. The SMILES string of the molecule is Cc1nc(OCC2CCC2)cc2c1OC(c1c(C)nc(NCC3CC3)nc1N[C@@H]1C[C@H](CO)[C@@H](O)C1)C2. The number of nitrogens with one attached hydrogen (secondary N) is 2. The second kappa shape index (κ2) is 10.3. The summed E-state index contributed by atoms with van der Waals surface area (Å²) in [6.07, 6.45) is 7.51. The van der Waals surface area contributed by atoms with E-state index in [1.54, 1.807) is 0 Å². The van der Waals surface area contributed by atoms with Gasteiger partial charge in [-0.05, 0) is 64.2 Å². The van der Waals surface area contributed by atoms with Gasteiger partial charge in [0.2, 0.25) is 11.8 Å². The maximum atomic E-state index is 10.4. The minimum Gasteiger partial charge on any atom is -0.483 e. The third-order valence-corrected chi connectivity index (χ3v) is 8.49. The minimum absolute atomic E-state index is 0.0122. The van der Waals surface area contributed by atoms with Crippen molar-refractivity contribution in [1.29, 1.82) is 0 Å². The van der Waals surface area contributed by atoms with E-state index in [4.69, 9.17) is 19.4 Å². The van der Waals surface area contributed by atoms with Crippen molar-refractivity contribution in [3.05, 3.63) is 28.6 Å². The summed E-state index contributed by atoms with van der Waals surface area (Å²) < 4.78 is 12.5. The van der Waals surface area contributed by atoms with Gasteiger partial charge in [0, 0.05) is 43.2 Å². The first-order valence-corrected chi connectivity index (χ1v) is 13.9. The predicted octanol–water partition coefficient (Wildman–Crippen LogP) is 3.71. The quantitative estimate of drug-likeness (QED) is 0.380. The van der Waals surface area contributed by atoms with E-state index in [2.05, 4.69) is 15.6 Å². The van der Waals surface area contributed by atoms with Crippen molar-refractivity contribution >= 4 is 11.8 Å². The van der Waals surface area contributed by atoms with E-state index in [1.807, 2.05) is 19.9 Å². The summed E-state index contributed by atoms with van der Waals surface area (Å²) in [5.74, 6) is 4.10. The molecule has 3 fully saturated rings. The van der Waals surface area contributed by atoms with Crippen LogP contribution in [-0.2, 0) is 6.42 Å². The third kappa shape index (κ3) is 5.34. The molecule has 4 atom stereocenters. The lowest BCUT2D eigenvalue weighted by molar-refractivity contribution is 0.0908. The number of rotatable bonds is 10. The Morgan fingerprint density at radius 2 is 1.89 bits per heavy atom. The second-order valence-electron chi connectivity index (χ2n) is 11.5. The number of hydrogen-bond donors (Lipinski definition) is 4. The molecule has 4 N–H and O–H groups in total. The van der Waals surface area contributed by atoms with Gasteiger partial charge in [0.15, 0.2) is 0 Å². The number of hydrogen-bond acceptors (Lipinski definition) is 9. The average molecular weight is 510 g/mol. The Bertz CT molecular complexity index is 1140. The number of nitrogens with zero attached hydrogens (tertiary/aromatic N) is 3. The lowest BCUT2D eigenvalue weighted by Gasteiger charge is -2.24. The Morgan fingerprint density at radius 1 is 1.05 bits per heavy atom. The predicted molar refractivity (Wildman–Crippen MR) is 140 cm³/mol. The molecule has 9 heteroatoms. The number of anilines is 2. The molecular formula is C28H39N5O4. The molecule has 4 aliphatic rings. The molecule has 0 amide bonds. The van der Waals surface area contributed by atoms with Crippen LogP contribution in [0.25, 0.3) is 0 Å². The van der Waals surface area contributed by atoms with Gasteiger partial charge in [-0.15, -0.1) is 0 Å². The molecule has 3 saturated carbocycles. The summed E-state index contributed by atoms with van der Waals surface area (Å²) in [4.78, 5) is 14.3. The van der Waals surface area contributed by atoms with Gasteiger partial charge in [-0.2, -0.15) is 4.98 Å². The van der Waals surface area contributed by atoms with Crippen molar-refractivity contribution in [3.63, 3.8) is 0 Å². The number of pyridine rings is 1. The van der Waals surface area contributed by atoms with Gasteiger partial charge in [0.05, 0.1) is 29.7 Å². The fourth-order valence-corrected chi connectivity index (χ4v) is 5.81. The van der Waals surface area contributed by atoms with Crippen molar-refractivity contribution in [2.45, 2.75) is 83.5 Å². The first-order valence-electron chi connectivity index (χ1n) is 13.9. The highest BCUT2D eigenvalue weighted by Gasteiger charge is 2.36. The molecule has 0 aromatic carbocycles. The fourth-order valence-electron chi connectivity index (χ4n) is 5.81. The Hall–Kier alpha value is -2.65. The average Bonchev–Trinajstić information content (AvgIpc) is 3.46. The van der Waals surface area contributed by atoms with Crippen LogP contribution in [-0.4, -0.2) is 57.1 Å². The fraction of sp³-hybridized carbons (Fsp3) is 0.679. The Labute approximate surface area is 218 Å². The molecule has 3 heterocycles.